The summed E-state index contributed by atoms with van der Waals surface area (Å²) in [7, 11) is 0. The van der Waals surface area contributed by atoms with E-state index in [1.54, 1.807) is 0 Å². The van der Waals surface area contributed by atoms with Gasteiger partial charge < -0.3 is 14.9 Å². The highest BCUT2D eigenvalue weighted by Gasteiger charge is 2.50. The van der Waals surface area contributed by atoms with Gasteiger partial charge in [0.25, 0.3) is 0 Å². The van der Waals surface area contributed by atoms with Crippen LogP contribution in [0.3, 0.4) is 0 Å². The minimum absolute atomic E-state index is 0.193. The van der Waals surface area contributed by atoms with Crippen molar-refractivity contribution in [3.05, 3.63) is 12.7 Å². The molecule has 2 atom stereocenters. The van der Waals surface area contributed by atoms with Crippen LogP contribution in [0.25, 0.3) is 0 Å². The first kappa shape index (κ1) is 17.2. The lowest BCUT2D eigenvalue weighted by Gasteiger charge is -2.38. The van der Waals surface area contributed by atoms with Gasteiger partial charge >= 0.3 is 17.9 Å². The number of carboxylic acid groups (broad SMARTS) is 2. The van der Waals surface area contributed by atoms with Crippen molar-refractivity contribution in [1.82, 2.24) is 0 Å². The Morgan fingerprint density at radius 1 is 1.24 bits per heavy atom. The molecule has 0 aromatic heterocycles. The zero-order valence-corrected chi connectivity index (χ0v) is 12.0. The average molecular weight is 298 g/mol. The van der Waals surface area contributed by atoms with Crippen molar-refractivity contribution in [2.24, 2.45) is 11.3 Å². The summed E-state index contributed by atoms with van der Waals surface area (Å²) in [6.45, 7) is 3.47. The van der Waals surface area contributed by atoms with Crippen LogP contribution in [0, 0.1) is 11.3 Å². The number of hydrogen-bond acceptors (Lipinski definition) is 4. The topological polar surface area (TPSA) is 101 Å². The highest BCUT2D eigenvalue weighted by Crippen LogP contribution is 2.45. The van der Waals surface area contributed by atoms with Crippen molar-refractivity contribution in [3.8, 4) is 0 Å². The predicted molar refractivity (Wildman–Crippen MR) is 74.7 cm³/mol. The van der Waals surface area contributed by atoms with Crippen molar-refractivity contribution in [3.63, 3.8) is 0 Å². The van der Waals surface area contributed by atoms with Crippen LogP contribution < -0.4 is 0 Å². The monoisotopic (exact) mass is 298 g/mol. The highest BCUT2D eigenvalue weighted by molar-refractivity contribution is 5.83. The Balaban J connectivity index is 2.59. The highest BCUT2D eigenvalue weighted by atomic mass is 16.5. The number of aliphatic carboxylic acids is 2. The molecule has 0 aliphatic heterocycles. The lowest BCUT2D eigenvalue weighted by atomic mass is 9.63. The molecule has 21 heavy (non-hydrogen) atoms. The van der Waals surface area contributed by atoms with Gasteiger partial charge in [-0.2, -0.15) is 0 Å². The fourth-order valence-electron chi connectivity index (χ4n) is 3.04. The van der Waals surface area contributed by atoms with Gasteiger partial charge in [0.2, 0.25) is 0 Å². The first-order valence-electron chi connectivity index (χ1n) is 7.19. The van der Waals surface area contributed by atoms with Crippen molar-refractivity contribution < 1.29 is 29.3 Å². The minimum Gasteiger partial charge on any atom is -0.481 e. The summed E-state index contributed by atoms with van der Waals surface area (Å²) < 4.78 is 4.83. The maximum Gasteiger partial charge on any atom is 0.330 e. The van der Waals surface area contributed by atoms with Crippen molar-refractivity contribution in [2.45, 2.75) is 44.9 Å². The van der Waals surface area contributed by atoms with E-state index in [1.165, 1.54) is 0 Å². The molecule has 0 saturated heterocycles. The Morgan fingerprint density at radius 3 is 2.52 bits per heavy atom. The Kier molecular flexibility index (Phi) is 6.39. The van der Waals surface area contributed by atoms with Crippen LogP contribution in [0.2, 0.25) is 0 Å². The summed E-state index contributed by atoms with van der Waals surface area (Å²) in [6, 6.07) is 0. The number of carboxylic acids is 2. The molecule has 0 amide bonds. The lowest BCUT2D eigenvalue weighted by Crippen LogP contribution is -2.44. The summed E-state index contributed by atoms with van der Waals surface area (Å²) in [6.07, 6.45) is 4.69. The van der Waals surface area contributed by atoms with Crippen molar-refractivity contribution in [1.29, 1.82) is 0 Å². The average Bonchev–Trinajstić information content (AvgIpc) is 2.46. The molecule has 6 heteroatoms. The molecule has 0 bridgehead atoms. The van der Waals surface area contributed by atoms with Gasteiger partial charge in [0.1, 0.15) is 0 Å². The van der Waals surface area contributed by atoms with E-state index in [2.05, 4.69) is 6.58 Å². The van der Waals surface area contributed by atoms with Crippen molar-refractivity contribution >= 4 is 17.9 Å². The normalized spacial score (nSPS) is 25.0. The molecule has 0 heterocycles. The second-order valence-electron chi connectivity index (χ2n) is 5.43. The van der Waals surface area contributed by atoms with Crippen LogP contribution in [0.4, 0.5) is 0 Å². The third kappa shape index (κ3) is 4.31. The molecule has 0 spiro atoms. The van der Waals surface area contributed by atoms with E-state index in [-0.39, 0.29) is 6.61 Å². The molecule has 1 fully saturated rings. The molecule has 1 rings (SSSR count). The van der Waals surface area contributed by atoms with E-state index in [4.69, 9.17) is 4.74 Å². The summed E-state index contributed by atoms with van der Waals surface area (Å²) in [4.78, 5) is 33.9. The Morgan fingerprint density at radius 2 is 1.95 bits per heavy atom. The molecule has 0 aromatic rings. The first-order valence-corrected chi connectivity index (χ1v) is 7.19. The number of rotatable bonds is 8. The van der Waals surface area contributed by atoms with Crippen LogP contribution in [0.5, 0.6) is 0 Å². The number of unbranched alkanes of at least 4 members (excludes halogenated alkanes) is 1. The molecule has 1 aliphatic carbocycles. The molecule has 1 saturated carbocycles. The maximum absolute atomic E-state index is 11.6. The molecule has 118 valence electrons. The fraction of sp³-hybridized carbons (Fsp3) is 0.667. The van der Waals surface area contributed by atoms with Gasteiger partial charge in [0, 0.05) is 6.08 Å². The summed E-state index contributed by atoms with van der Waals surface area (Å²) in [5, 5.41) is 18.8. The van der Waals surface area contributed by atoms with Crippen LogP contribution in [0.15, 0.2) is 12.7 Å². The quantitative estimate of drug-likeness (QED) is 0.405. The zero-order chi connectivity index (χ0) is 15.9. The smallest absolute Gasteiger partial charge is 0.330 e. The van der Waals surface area contributed by atoms with Crippen LogP contribution >= 0.6 is 0 Å². The molecule has 1 aliphatic rings. The van der Waals surface area contributed by atoms with Gasteiger partial charge in [-0.15, -0.1) is 0 Å². The van der Waals surface area contributed by atoms with E-state index < -0.39 is 29.2 Å². The molecule has 0 radical (unpaired) electrons. The maximum atomic E-state index is 11.6. The number of ether oxygens (including phenoxy) is 1. The van der Waals surface area contributed by atoms with Gasteiger partial charge in [-0.05, 0) is 32.1 Å². The molecular formula is C15H22O6. The van der Waals surface area contributed by atoms with E-state index in [9.17, 15) is 24.6 Å². The Hall–Kier alpha value is -1.85. The van der Waals surface area contributed by atoms with Gasteiger partial charge in [-0.25, -0.2) is 4.79 Å². The number of carbonyl (C=O) groups is 3. The van der Waals surface area contributed by atoms with Gasteiger partial charge in [0.15, 0.2) is 0 Å². The molecular weight excluding hydrogens is 276 g/mol. The Labute approximate surface area is 123 Å². The molecule has 6 nitrogen and oxygen atoms in total. The van der Waals surface area contributed by atoms with Gasteiger partial charge in [-0.1, -0.05) is 19.4 Å². The van der Waals surface area contributed by atoms with Gasteiger partial charge in [0.05, 0.1) is 17.9 Å². The van der Waals surface area contributed by atoms with E-state index in [0.29, 0.717) is 32.1 Å². The third-order valence-corrected chi connectivity index (χ3v) is 4.18. The molecule has 2 unspecified atom stereocenters. The summed E-state index contributed by atoms with van der Waals surface area (Å²) >= 11 is 0. The standard InChI is InChI=1S/C15H22O6/c1-2-12(16)21-10-6-5-9-15(14(19)20)8-4-3-7-11(15)13(17)18/h2,11H,1,3-10H2,(H,17,18)(H,19,20). The van der Waals surface area contributed by atoms with Crippen LogP contribution in [-0.4, -0.2) is 34.7 Å². The van der Waals surface area contributed by atoms with E-state index in [1.807, 2.05) is 0 Å². The van der Waals surface area contributed by atoms with Crippen molar-refractivity contribution in [2.75, 3.05) is 6.61 Å². The number of carbonyl (C=O) groups excluding carboxylic acids is 1. The number of hydrogen-bond donors (Lipinski definition) is 2. The molecule has 0 aromatic carbocycles. The fourth-order valence-corrected chi connectivity index (χ4v) is 3.04. The molecule has 2 N–H and O–H groups in total. The summed E-state index contributed by atoms with van der Waals surface area (Å²) in [5.41, 5.74) is -1.19. The van der Waals surface area contributed by atoms with E-state index in [0.717, 1.165) is 18.9 Å². The first-order chi connectivity index (χ1) is 9.94. The third-order valence-electron chi connectivity index (χ3n) is 4.18. The SMILES string of the molecule is C=CC(=O)OCCCCC1(C(=O)O)CCCCC1C(=O)O. The van der Waals surface area contributed by atoms with Crippen LogP contribution in [0.1, 0.15) is 44.9 Å². The van der Waals surface area contributed by atoms with Gasteiger partial charge in [-0.3, -0.25) is 9.59 Å². The number of esters is 1. The van der Waals surface area contributed by atoms with Crippen LogP contribution in [-0.2, 0) is 19.1 Å². The second kappa shape index (κ2) is 7.81. The summed E-state index contributed by atoms with van der Waals surface area (Å²) in [5.74, 6) is -3.41. The van der Waals surface area contributed by atoms with E-state index >= 15 is 0 Å². The second-order valence-corrected chi connectivity index (χ2v) is 5.43. The minimum atomic E-state index is -1.19. The Bertz CT molecular complexity index is 416. The zero-order valence-electron chi connectivity index (χ0n) is 12.0. The largest absolute Gasteiger partial charge is 0.481 e. The lowest BCUT2D eigenvalue weighted by molar-refractivity contribution is -0.166. The predicted octanol–water partition coefficient (Wildman–Crippen LogP) is 2.23.